The molecule has 0 N–H and O–H groups in total. The number of esters is 2. The van der Waals surface area contributed by atoms with Gasteiger partial charge < -0.3 is 14.2 Å². The van der Waals surface area contributed by atoms with Gasteiger partial charge in [-0.05, 0) is 78.1 Å². The molecule has 0 spiro atoms. The lowest BCUT2D eigenvalue weighted by atomic mass is 9.81. The van der Waals surface area contributed by atoms with Crippen LogP contribution in [0.3, 0.4) is 0 Å². The van der Waals surface area contributed by atoms with Crippen LogP contribution in [0.1, 0.15) is 93.4 Å². The molecule has 0 aliphatic carbocycles. The Morgan fingerprint density at radius 1 is 0.972 bits per heavy atom. The largest absolute Gasteiger partial charge is 0.458 e. The van der Waals surface area contributed by atoms with Crippen molar-refractivity contribution in [1.29, 1.82) is 0 Å². The van der Waals surface area contributed by atoms with Gasteiger partial charge in [-0.3, -0.25) is 9.59 Å². The average molecular weight is 560 g/mol. The van der Waals surface area contributed by atoms with E-state index in [0.717, 1.165) is 28.4 Å². The maximum Gasteiger partial charge on any atom is 0.303 e. The lowest BCUT2D eigenvalue weighted by Gasteiger charge is -2.45. The first-order valence-corrected chi connectivity index (χ1v) is 13.6. The summed E-state index contributed by atoms with van der Waals surface area (Å²) in [6.07, 6.45) is -0.438. The highest BCUT2D eigenvalue weighted by molar-refractivity contribution is 9.10. The summed E-state index contributed by atoms with van der Waals surface area (Å²) in [5.74, 6) is -0.579. The van der Waals surface area contributed by atoms with Crippen molar-refractivity contribution in [2.45, 2.75) is 98.6 Å². The zero-order chi connectivity index (χ0) is 26.7. The molecule has 0 aromatic heterocycles. The molecule has 3 rings (SSSR count). The van der Waals surface area contributed by atoms with E-state index in [0.29, 0.717) is 5.92 Å². The van der Waals surface area contributed by atoms with Gasteiger partial charge in [0.1, 0.15) is 12.2 Å². The van der Waals surface area contributed by atoms with Crippen molar-refractivity contribution in [2.24, 2.45) is 5.92 Å². The molecular weight excluding hydrogens is 520 g/mol. The van der Waals surface area contributed by atoms with E-state index >= 15 is 0 Å². The summed E-state index contributed by atoms with van der Waals surface area (Å²) in [6.45, 7) is 15.4. The van der Waals surface area contributed by atoms with Crippen molar-refractivity contribution in [3.63, 3.8) is 0 Å². The first kappa shape index (κ1) is 28.4. The Morgan fingerprint density at radius 2 is 1.61 bits per heavy atom. The highest BCUT2D eigenvalue weighted by Crippen LogP contribution is 2.42. The number of ether oxygens (including phenoxy) is 3. The van der Waals surface area contributed by atoms with Crippen LogP contribution in [0.25, 0.3) is 0 Å². The molecule has 2 aromatic carbocycles. The van der Waals surface area contributed by atoms with E-state index in [1.807, 2.05) is 6.92 Å². The molecule has 1 saturated heterocycles. The topological polar surface area (TPSA) is 61.8 Å². The van der Waals surface area contributed by atoms with Gasteiger partial charge in [-0.25, -0.2) is 0 Å². The second-order valence-electron chi connectivity index (χ2n) is 10.3. The third kappa shape index (κ3) is 6.38. The molecular formula is C30H39BrO5. The maximum atomic E-state index is 12.2. The number of benzene rings is 2. The third-order valence-electron chi connectivity index (χ3n) is 7.20. The molecule has 0 saturated carbocycles. The van der Waals surface area contributed by atoms with E-state index in [4.69, 9.17) is 14.2 Å². The summed E-state index contributed by atoms with van der Waals surface area (Å²) in [4.78, 5) is 24.2. The van der Waals surface area contributed by atoms with Crippen LogP contribution in [0.15, 0.2) is 34.8 Å². The normalized spacial score (nSPS) is 24.0. The fourth-order valence-electron chi connectivity index (χ4n) is 5.33. The quantitative estimate of drug-likeness (QED) is 0.338. The number of aryl methyl sites for hydroxylation is 2. The summed E-state index contributed by atoms with van der Waals surface area (Å²) in [5.41, 5.74) is 7.03. The van der Waals surface area contributed by atoms with Gasteiger partial charge in [-0.15, -0.1) is 0 Å². The SMILES string of the molecule is CC[C@H]1O[C@@H](c2cc(Cc3ccc(Br)cc3C)c(C(C)C)cc2C)[C@H](OC(C)=O)[C@@H](OC(C)=O)[C@@H]1C. The molecule has 1 aliphatic rings. The summed E-state index contributed by atoms with van der Waals surface area (Å²) in [6, 6.07) is 10.8. The number of carbonyl (C=O) groups is 2. The van der Waals surface area contributed by atoms with Crippen LogP contribution in [0, 0.1) is 19.8 Å². The monoisotopic (exact) mass is 558 g/mol. The highest BCUT2D eigenvalue weighted by atomic mass is 79.9. The molecule has 0 radical (unpaired) electrons. The van der Waals surface area contributed by atoms with Gasteiger partial charge in [0.15, 0.2) is 6.10 Å². The number of hydrogen-bond acceptors (Lipinski definition) is 5. The number of halogens is 1. The summed E-state index contributed by atoms with van der Waals surface area (Å²) in [7, 11) is 0. The molecule has 5 atom stereocenters. The highest BCUT2D eigenvalue weighted by Gasteiger charge is 2.48. The molecule has 196 valence electrons. The predicted molar refractivity (Wildman–Crippen MR) is 145 cm³/mol. The van der Waals surface area contributed by atoms with Gasteiger partial charge in [0.05, 0.1) is 6.10 Å². The Labute approximate surface area is 224 Å². The summed E-state index contributed by atoms with van der Waals surface area (Å²) >= 11 is 3.56. The zero-order valence-corrected chi connectivity index (χ0v) is 24.3. The van der Waals surface area contributed by atoms with Crippen LogP contribution in [0.4, 0.5) is 0 Å². The Hall–Kier alpha value is -2.18. The van der Waals surface area contributed by atoms with Gasteiger partial charge in [-0.2, -0.15) is 0 Å². The van der Waals surface area contributed by atoms with Crippen LogP contribution in [-0.2, 0) is 30.2 Å². The van der Waals surface area contributed by atoms with E-state index in [2.05, 4.69) is 80.9 Å². The van der Waals surface area contributed by atoms with Crippen LogP contribution < -0.4 is 0 Å². The molecule has 1 fully saturated rings. The lowest BCUT2D eigenvalue weighted by molar-refractivity contribution is -0.225. The predicted octanol–water partition coefficient (Wildman–Crippen LogP) is 7.13. The van der Waals surface area contributed by atoms with E-state index in [-0.39, 0.29) is 12.0 Å². The van der Waals surface area contributed by atoms with Crippen molar-refractivity contribution in [2.75, 3.05) is 0 Å². The van der Waals surface area contributed by atoms with Gasteiger partial charge in [0.25, 0.3) is 0 Å². The molecule has 1 aliphatic heterocycles. The molecule has 36 heavy (non-hydrogen) atoms. The van der Waals surface area contributed by atoms with Gasteiger partial charge in [0, 0.05) is 24.2 Å². The second kappa shape index (κ2) is 11.9. The van der Waals surface area contributed by atoms with Gasteiger partial charge in [0.2, 0.25) is 0 Å². The molecule has 0 amide bonds. The number of carbonyl (C=O) groups excluding carboxylic acids is 2. The Kier molecular flexibility index (Phi) is 9.39. The fourth-order valence-corrected chi connectivity index (χ4v) is 5.81. The maximum absolute atomic E-state index is 12.2. The fraction of sp³-hybridized carbons (Fsp3) is 0.533. The first-order chi connectivity index (χ1) is 16.9. The Morgan fingerprint density at radius 3 is 2.17 bits per heavy atom. The molecule has 0 unspecified atom stereocenters. The summed E-state index contributed by atoms with van der Waals surface area (Å²) < 4.78 is 19.2. The van der Waals surface area contributed by atoms with E-state index in [1.54, 1.807) is 0 Å². The van der Waals surface area contributed by atoms with Crippen molar-refractivity contribution in [1.82, 2.24) is 0 Å². The number of hydrogen-bond donors (Lipinski definition) is 0. The second-order valence-corrected chi connectivity index (χ2v) is 11.2. The molecule has 1 heterocycles. The van der Waals surface area contributed by atoms with Crippen molar-refractivity contribution in [3.8, 4) is 0 Å². The Balaban J connectivity index is 2.14. The molecule has 6 heteroatoms. The van der Waals surface area contributed by atoms with E-state index in [9.17, 15) is 9.59 Å². The molecule has 5 nitrogen and oxygen atoms in total. The summed E-state index contributed by atoms with van der Waals surface area (Å²) in [5, 5.41) is 0. The lowest BCUT2D eigenvalue weighted by Crippen LogP contribution is -2.53. The van der Waals surface area contributed by atoms with Crippen molar-refractivity contribution < 1.29 is 23.8 Å². The van der Waals surface area contributed by atoms with Crippen LogP contribution in [0.2, 0.25) is 0 Å². The van der Waals surface area contributed by atoms with Crippen molar-refractivity contribution in [3.05, 3.63) is 68.2 Å². The third-order valence-corrected chi connectivity index (χ3v) is 7.69. The molecule has 2 aromatic rings. The minimum Gasteiger partial charge on any atom is -0.458 e. The molecule has 0 bridgehead atoms. The van der Waals surface area contributed by atoms with E-state index in [1.165, 1.54) is 36.1 Å². The van der Waals surface area contributed by atoms with Crippen molar-refractivity contribution >= 4 is 27.9 Å². The smallest absolute Gasteiger partial charge is 0.303 e. The minimum atomic E-state index is -0.727. The van der Waals surface area contributed by atoms with Crippen LogP contribution >= 0.6 is 15.9 Å². The van der Waals surface area contributed by atoms with Gasteiger partial charge >= 0.3 is 11.9 Å². The zero-order valence-electron chi connectivity index (χ0n) is 22.7. The van der Waals surface area contributed by atoms with E-state index < -0.39 is 30.3 Å². The van der Waals surface area contributed by atoms with Crippen LogP contribution in [-0.4, -0.2) is 30.3 Å². The first-order valence-electron chi connectivity index (χ1n) is 12.8. The van der Waals surface area contributed by atoms with Crippen LogP contribution in [0.5, 0.6) is 0 Å². The minimum absolute atomic E-state index is 0.111. The Bertz CT molecular complexity index is 1110. The van der Waals surface area contributed by atoms with Gasteiger partial charge in [-0.1, -0.05) is 61.8 Å². The number of rotatable bonds is 7. The standard InChI is InChI=1S/C30H39BrO5/c1-9-27-19(6)28(34-20(7)32)30(35-21(8)33)29(36-27)26-15-23(25(16(2)3)13-18(26)5)14-22-10-11-24(31)12-17(22)4/h10-13,15-16,19,27-30H,9,14H2,1-8H3/t19-,27-,28+,29+,30-/m1/s1. The average Bonchev–Trinajstić information content (AvgIpc) is 2.78.